The third-order valence-electron chi connectivity index (χ3n) is 2.41. The van der Waals surface area contributed by atoms with Gasteiger partial charge in [-0.25, -0.2) is 8.78 Å². The van der Waals surface area contributed by atoms with E-state index in [0.29, 0.717) is 11.3 Å². The van der Waals surface area contributed by atoms with Crippen LogP contribution in [-0.4, -0.2) is 5.11 Å². The van der Waals surface area contributed by atoms with Crippen molar-refractivity contribution in [1.29, 1.82) is 0 Å². The van der Waals surface area contributed by atoms with Gasteiger partial charge in [0.05, 0.1) is 0 Å². The van der Waals surface area contributed by atoms with Crippen LogP contribution in [0.2, 0.25) is 0 Å². The highest BCUT2D eigenvalue weighted by Gasteiger charge is 2.10. The summed E-state index contributed by atoms with van der Waals surface area (Å²) in [4.78, 5) is 0. The predicted octanol–water partition coefficient (Wildman–Crippen LogP) is 3.29. The third-order valence-corrected chi connectivity index (χ3v) is 2.51. The summed E-state index contributed by atoms with van der Waals surface area (Å²) in [5, 5.41) is 2.85. The minimum atomic E-state index is -0.632. The highest BCUT2D eigenvalue weighted by atomic mass is 32.1. The van der Waals surface area contributed by atoms with E-state index in [9.17, 15) is 8.78 Å². The monoisotopic (exact) mass is 264 g/mol. The summed E-state index contributed by atoms with van der Waals surface area (Å²) < 4.78 is 26.6. The van der Waals surface area contributed by atoms with E-state index in [2.05, 4.69) is 5.32 Å². The molecule has 0 radical (unpaired) electrons. The quantitative estimate of drug-likeness (QED) is 0.817. The molecule has 3 N–H and O–H groups in total. The highest BCUT2D eigenvalue weighted by molar-refractivity contribution is 7.80. The number of anilines is 1. The lowest BCUT2D eigenvalue weighted by Gasteiger charge is -2.11. The minimum Gasteiger partial charge on any atom is -0.376 e. The molecule has 2 nitrogen and oxygen atoms in total. The number of para-hydroxylation sites is 1. The fourth-order valence-electron chi connectivity index (χ4n) is 1.67. The molecule has 5 heteroatoms. The average Bonchev–Trinajstić information content (AvgIpc) is 2.30. The Morgan fingerprint density at radius 3 is 2.44 bits per heavy atom. The molecule has 0 aliphatic heterocycles. The van der Waals surface area contributed by atoms with E-state index < -0.39 is 11.6 Å². The van der Waals surface area contributed by atoms with Crippen molar-refractivity contribution in [2.75, 3.05) is 5.32 Å². The lowest BCUT2D eigenvalue weighted by Crippen LogP contribution is -2.19. The van der Waals surface area contributed by atoms with E-state index in [1.54, 1.807) is 24.3 Å². The van der Waals surface area contributed by atoms with Gasteiger partial charge in [-0.1, -0.05) is 18.2 Å². The van der Waals surface area contributed by atoms with Crippen LogP contribution in [0.3, 0.4) is 0 Å². The molecule has 0 bridgehead atoms. The lowest BCUT2D eigenvalue weighted by atomic mass is 10.0. The van der Waals surface area contributed by atoms with Gasteiger partial charge < -0.3 is 11.1 Å². The molecule has 2 aromatic rings. The summed E-state index contributed by atoms with van der Waals surface area (Å²) in [6.45, 7) is 0. The zero-order valence-corrected chi connectivity index (χ0v) is 10.1. The van der Waals surface area contributed by atoms with Crippen LogP contribution in [-0.2, 0) is 0 Å². The summed E-state index contributed by atoms with van der Waals surface area (Å²) in [7, 11) is 0. The van der Waals surface area contributed by atoms with Crippen molar-refractivity contribution in [3.8, 4) is 11.1 Å². The molecule has 0 aliphatic carbocycles. The number of thiocarbonyl (C=S) groups is 1. The highest BCUT2D eigenvalue weighted by Crippen LogP contribution is 2.30. The lowest BCUT2D eigenvalue weighted by molar-refractivity contribution is 0.585. The van der Waals surface area contributed by atoms with Gasteiger partial charge in [0.2, 0.25) is 0 Å². The SMILES string of the molecule is NC(=S)Nc1ccccc1-c1ccc(F)cc1F. The van der Waals surface area contributed by atoms with Crippen molar-refractivity contribution in [3.05, 3.63) is 54.1 Å². The van der Waals surface area contributed by atoms with E-state index in [1.807, 2.05) is 0 Å². The number of nitrogens with one attached hydrogen (secondary N) is 1. The van der Waals surface area contributed by atoms with E-state index in [0.717, 1.165) is 6.07 Å². The van der Waals surface area contributed by atoms with Crippen LogP contribution < -0.4 is 11.1 Å². The zero-order valence-electron chi connectivity index (χ0n) is 9.28. The molecule has 0 saturated carbocycles. The Bertz CT molecular complexity index is 599. The van der Waals surface area contributed by atoms with Crippen molar-refractivity contribution >= 4 is 23.0 Å². The Hall–Kier alpha value is -2.01. The van der Waals surface area contributed by atoms with E-state index >= 15 is 0 Å². The summed E-state index contributed by atoms with van der Waals surface area (Å²) in [5.41, 5.74) is 6.84. The summed E-state index contributed by atoms with van der Waals surface area (Å²) >= 11 is 4.75. The molecule has 92 valence electrons. The standard InChI is InChI=1S/C13H10F2N2S/c14-8-5-6-9(11(15)7-8)10-3-1-2-4-12(10)17-13(16)18/h1-7H,(H3,16,17,18). The van der Waals surface area contributed by atoms with Gasteiger partial charge in [-0.2, -0.15) is 0 Å². The Morgan fingerprint density at radius 1 is 1.06 bits per heavy atom. The molecule has 18 heavy (non-hydrogen) atoms. The van der Waals surface area contributed by atoms with E-state index in [4.69, 9.17) is 18.0 Å². The van der Waals surface area contributed by atoms with E-state index in [-0.39, 0.29) is 10.7 Å². The largest absolute Gasteiger partial charge is 0.376 e. The molecule has 2 aromatic carbocycles. The first kappa shape index (κ1) is 12.4. The molecular weight excluding hydrogens is 254 g/mol. The Morgan fingerprint density at radius 2 is 1.78 bits per heavy atom. The van der Waals surface area contributed by atoms with Crippen LogP contribution in [0.4, 0.5) is 14.5 Å². The van der Waals surface area contributed by atoms with Gasteiger partial charge in [-0.15, -0.1) is 0 Å². The molecule has 0 saturated heterocycles. The normalized spacial score (nSPS) is 10.1. The second-order valence-electron chi connectivity index (χ2n) is 3.66. The fourth-order valence-corrected chi connectivity index (χ4v) is 1.78. The minimum absolute atomic E-state index is 0.0879. The first-order chi connectivity index (χ1) is 8.58. The zero-order chi connectivity index (χ0) is 13.1. The molecule has 0 aromatic heterocycles. The van der Waals surface area contributed by atoms with Crippen LogP contribution >= 0.6 is 12.2 Å². The number of halogens is 2. The van der Waals surface area contributed by atoms with E-state index in [1.165, 1.54) is 12.1 Å². The van der Waals surface area contributed by atoms with Crippen LogP contribution in [0, 0.1) is 11.6 Å². The van der Waals surface area contributed by atoms with Gasteiger partial charge in [0.25, 0.3) is 0 Å². The predicted molar refractivity (Wildman–Crippen MR) is 72.2 cm³/mol. The van der Waals surface area contributed by atoms with Gasteiger partial charge in [-0.05, 0) is 30.4 Å². The smallest absolute Gasteiger partial charge is 0.168 e. The Labute approximate surface area is 108 Å². The van der Waals surface area contributed by atoms with Crippen molar-refractivity contribution in [2.45, 2.75) is 0 Å². The van der Waals surface area contributed by atoms with Crippen molar-refractivity contribution in [3.63, 3.8) is 0 Å². The van der Waals surface area contributed by atoms with Crippen LogP contribution in [0.5, 0.6) is 0 Å². The molecule has 0 unspecified atom stereocenters. The number of rotatable bonds is 2. The Balaban J connectivity index is 2.53. The molecule has 0 heterocycles. The molecule has 0 fully saturated rings. The molecular formula is C13H10F2N2S. The maximum Gasteiger partial charge on any atom is 0.168 e. The summed E-state index contributed by atoms with van der Waals surface area (Å²) in [6, 6.07) is 10.4. The van der Waals surface area contributed by atoms with Gasteiger partial charge in [0, 0.05) is 22.9 Å². The van der Waals surface area contributed by atoms with Gasteiger partial charge in [-0.3, -0.25) is 0 Å². The maximum absolute atomic E-state index is 13.7. The van der Waals surface area contributed by atoms with Crippen LogP contribution in [0.15, 0.2) is 42.5 Å². The first-order valence-electron chi connectivity index (χ1n) is 5.19. The first-order valence-corrected chi connectivity index (χ1v) is 5.59. The number of hydrogen-bond donors (Lipinski definition) is 2. The average molecular weight is 264 g/mol. The van der Waals surface area contributed by atoms with Gasteiger partial charge >= 0.3 is 0 Å². The topological polar surface area (TPSA) is 38.0 Å². The number of hydrogen-bond acceptors (Lipinski definition) is 1. The molecule has 0 amide bonds. The molecule has 0 atom stereocenters. The number of nitrogens with two attached hydrogens (primary N) is 1. The third kappa shape index (κ3) is 2.62. The van der Waals surface area contributed by atoms with Crippen molar-refractivity contribution in [2.24, 2.45) is 5.73 Å². The second kappa shape index (κ2) is 5.10. The summed E-state index contributed by atoms with van der Waals surface area (Å²) in [5.74, 6) is -1.25. The van der Waals surface area contributed by atoms with Gasteiger partial charge in [0.15, 0.2) is 5.11 Å². The molecule has 0 aliphatic rings. The van der Waals surface area contributed by atoms with Gasteiger partial charge in [0.1, 0.15) is 11.6 Å². The number of benzene rings is 2. The van der Waals surface area contributed by atoms with Crippen molar-refractivity contribution in [1.82, 2.24) is 0 Å². The molecule has 2 rings (SSSR count). The van der Waals surface area contributed by atoms with Crippen molar-refractivity contribution < 1.29 is 8.78 Å². The van der Waals surface area contributed by atoms with Crippen LogP contribution in [0.25, 0.3) is 11.1 Å². The maximum atomic E-state index is 13.7. The fraction of sp³-hybridized carbons (Fsp3) is 0. The summed E-state index contributed by atoms with van der Waals surface area (Å²) in [6.07, 6.45) is 0. The Kier molecular flexibility index (Phi) is 3.53. The van der Waals surface area contributed by atoms with Crippen LogP contribution in [0.1, 0.15) is 0 Å². The molecule has 0 spiro atoms. The second-order valence-corrected chi connectivity index (χ2v) is 4.10.